The van der Waals surface area contributed by atoms with Crippen molar-refractivity contribution in [3.05, 3.63) is 54.4 Å². The first kappa shape index (κ1) is 22.7. The molecule has 2 bridgehead atoms. The van der Waals surface area contributed by atoms with Gasteiger partial charge < -0.3 is 11.1 Å². The van der Waals surface area contributed by atoms with Crippen LogP contribution in [0.3, 0.4) is 0 Å². The van der Waals surface area contributed by atoms with Gasteiger partial charge in [-0.3, -0.25) is 9.78 Å². The van der Waals surface area contributed by atoms with Crippen molar-refractivity contribution in [2.24, 2.45) is 23.5 Å². The number of halogens is 2. The van der Waals surface area contributed by atoms with Crippen molar-refractivity contribution in [2.75, 3.05) is 0 Å². The van der Waals surface area contributed by atoms with E-state index in [4.69, 9.17) is 5.73 Å². The smallest absolute Gasteiger partial charge is 0.223 e. The Hall–Kier alpha value is -1.62. The highest BCUT2D eigenvalue weighted by Crippen LogP contribution is 2.41. The van der Waals surface area contributed by atoms with Crippen LogP contribution in [-0.2, 0) is 11.3 Å². The number of amides is 1. The Labute approximate surface area is 179 Å². The molecule has 2 fully saturated rings. The molecule has 1 aromatic heterocycles. The summed E-state index contributed by atoms with van der Waals surface area (Å²) in [7, 11) is 0. The van der Waals surface area contributed by atoms with Crippen LogP contribution in [0.1, 0.15) is 37.7 Å². The van der Waals surface area contributed by atoms with Gasteiger partial charge in [-0.05, 0) is 66.3 Å². The maximum absolute atomic E-state index is 12.6. The van der Waals surface area contributed by atoms with E-state index in [1.165, 1.54) is 19.3 Å². The molecule has 0 aliphatic heterocycles. The highest BCUT2D eigenvalue weighted by Gasteiger charge is 2.40. The van der Waals surface area contributed by atoms with Gasteiger partial charge in [0.2, 0.25) is 5.91 Å². The molecule has 0 saturated heterocycles. The summed E-state index contributed by atoms with van der Waals surface area (Å²) in [5, 5.41) is 3.14. The normalized spacial score (nSPS) is 25.8. The topological polar surface area (TPSA) is 68.0 Å². The molecule has 2 saturated carbocycles. The van der Waals surface area contributed by atoms with Crippen LogP contribution in [0.5, 0.6) is 0 Å². The molecule has 6 heteroatoms. The number of hydrogen-bond donors (Lipinski definition) is 2. The Morgan fingerprint density at radius 3 is 2.14 bits per heavy atom. The molecule has 0 radical (unpaired) electrons. The highest BCUT2D eigenvalue weighted by molar-refractivity contribution is 5.85. The fraction of sp³-hybridized carbons (Fsp3) is 0.455. The van der Waals surface area contributed by atoms with Crippen molar-refractivity contribution >= 4 is 30.7 Å². The lowest BCUT2D eigenvalue weighted by atomic mass is 9.65. The van der Waals surface area contributed by atoms with E-state index in [-0.39, 0.29) is 36.6 Å². The second-order valence-electron chi connectivity index (χ2n) is 7.85. The van der Waals surface area contributed by atoms with E-state index in [0.29, 0.717) is 24.4 Å². The van der Waals surface area contributed by atoms with Gasteiger partial charge in [0, 0.05) is 30.9 Å². The fourth-order valence-corrected chi connectivity index (χ4v) is 4.70. The molecule has 1 heterocycles. The summed E-state index contributed by atoms with van der Waals surface area (Å²) in [5.41, 5.74) is 9.78. The number of carbonyl (C=O) groups is 1. The number of rotatable bonds is 4. The van der Waals surface area contributed by atoms with Gasteiger partial charge in [0.15, 0.2) is 0 Å². The van der Waals surface area contributed by atoms with Crippen LogP contribution in [0.2, 0.25) is 0 Å². The predicted molar refractivity (Wildman–Crippen MR) is 118 cm³/mol. The molecular weight excluding hydrogens is 393 g/mol. The quantitative estimate of drug-likeness (QED) is 0.769. The van der Waals surface area contributed by atoms with Crippen molar-refractivity contribution in [3.63, 3.8) is 0 Å². The van der Waals surface area contributed by atoms with E-state index < -0.39 is 0 Å². The molecule has 0 spiro atoms. The van der Waals surface area contributed by atoms with Gasteiger partial charge in [0.05, 0.1) is 0 Å². The van der Waals surface area contributed by atoms with Crippen LogP contribution in [0.4, 0.5) is 0 Å². The Morgan fingerprint density at radius 1 is 0.964 bits per heavy atom. The first-order valence-corrected chi connectivity index (χ1v) is 9.73. The predicted octanol–water partition coefficient (Wildman–Crippen LogP) is 4.36. The Kier molecular flexibility index (Phi) is 8.29. The number of fused-ring (bicyclic) bond motifs is 2. The average Bonchev–Trinajstić information content (AvgIpc) is 2.67. The summed E-state index contributed by atoms with van der Waals surface area (Å²) in [6.45, 7) is 0.591. The standard InChI is InChI=1S/C22H27N3O.2ClH/c23-21-18-2-1-3-19(21)13-20(12-18)22(26)25-14-15-4-6-16(7-5-15)17-8-10-24-11-9-17;;/h4-11,18-21H,1-3,12-14,23H2,(H,25,26);2*1H. The molecule has 2 aliphatic carbocycles. The van der Waals surface area contributed by atoms with Crippen molar-refractivity contribution in [3.8, 4) is 11.1 Å². The van der Waals surface area contributed by atoms with E-state index in [1.54, 1.807) is 12.4 Å². The number of carbonyl (C=O) groups excluding carboxylic acids is 1. The van der Waals surface area contributed by atoms with Gasteiger partial charge in [-0.25, -0.2) is 0 Å². The van der Waals surface area contributed by atoms with Crippen LogP contribution < -0.4 is 11.1 Å². The molecule has 2 atom stereocenters. The van der Waals surface area contributed by atoms with E-state index in [9.17, 15) is 4.79 Å². The lowest BCUT2D eigenvalue weighted by Crippen LogP contribution is -2.49. The molecule has 4 nitrogen and oxygen atoms in total. The van der Waals surface area contributed by atoms with E-state index in [0.717, 1.165) is 29.5 Å². The lowest BCUT2D eigenvalue weighted by Gasteiger charge is -2.43. The van der Waals surface area contributed by atoms with Gasteiger partial charge in [0.1, 0.15) is 0 Å². The second kappa shape index (κ2) is 10.2. The second-order valence-corrected chi connectivity index (χ2v) is 7.85. The third-order valence-electron chi connectivity index (χ3n) is 6.22. The zero-order valence-corrected chi connectivity index (χ0v) is 17.6. The first-order valence-electron chi connectivity index (χ1n) is 9.73. The average molecular weight is 422 g/mol. The SMILES string of the molecule is Cl.Cl.NC1C2CCCC1CC(C(=O)NCc1ccc(-c3ccncc3)cc1)C2. The Balaban J connectivity index is 0.00000140. The van der Waals surface area contributed by atoms with Gasteiger partial charge in [-0.15, -0.1) is 24.8 Å². The zero-order chi connectivity index (χ0) is 17.9. The van der Waals surface area contributed by atoms with E-state index >= 15 is 0 Å². The maximum Gasteiger partial charge on any atom is 0.223 e. The number of nitrogens with two attached hydrogens (primary N) is 1. The van der Waals surface area contributed by atoms with Gasteiger partial charge in [0.25, 0.3) is 0 Å². The minimum atomic E-state index is 0. The number of nitrogens with one attached hydrogen (secondary N) is 1. The Morgan fingerprint density at radius 2 is 1.54 bits per heavy atom. The van der Waals surface area contributed by atoms with E-state index in [1.807, 2.05) is 12.1 Å². The van der Waals surface area contributed by atoms with Crippen molar-refractivity contribution in [2.45, 2.75) is 44.7 Å². The fourth-order valence-electron chi connectivity index (χ4n) is 4.70. The van der Waals surface area contributed by atoms with Crippen LogP contribution in [0.15, 0.2) is 48.8 Å². The molecule has 3 N–H and O–H groups in total. The third kappa shape index (κ3) is 5.05. The minimum absolute atomic E-state index is 0. The van der Waals surface area contributed by atoms with Crippen molar-refractivity contribution < 1.29 is 4.79 Å². The number of pyridine rings is 1. The minimum Gasteiger partial charge on any atom is -0.352 e. The zero-order valence-electron chi connectivity index (χ0n) is 15.9. The Bertz CT molecular complexity index is 740. The molecule has 28 heavy (non-hydrogen) atoms. The van der Waals surface area contributed by atoms with Crippen molar-refractivity contribution in [1.29, 1.82) is 0 Å². The van der Waals surface area contributed by atoms with Crippen LogP contribution in [0.25, 0.3) is 11.1 Å². The monoisotopic (exact) mass is 421 g/mol. The summed E-state index contributed by atoms with van der Waals surface area (Å²) in [5.74, 6) is 1.42. The highest BCUT2D eigenvalue weighted by atomic mass is 35.5. The number of benzene rings is 1. The largest absolute Gasteiger partial charge is 0.352 e. The molecule has 2 unspecified atom stereocenters. The first-order chi connectivity index (χ1) is 12.7. The number of nitrogens with zero attached hydrogens (tertiary/aromatic N) is 1. The molecule has 2 aliphatic rings. The van der Waals surface area contributed by atoms with Gasteiger partial charge in [-0.1, -0.05) is 30.7 Å². The number of aromatic nitrogens is 1. The molecule has 152 valence electrons. The molecule has 1 amide bonds. The molecule has 2 aromatic rings. The van der Waals surface area contributed by atoms with Crippen LogP contribution in [0, 0.1) is 17.8 Å². The summed E-state index contributed by atoms with van der Waals surface area (Å²) in [4.78, 5) is 16.7. The van der Waals surface area contributed by atoms with Crippen LogP contribution in [-0.4, -0.2) is 16.9 Å². The third-order valence-corrected chi connectivity index (χ3v) is 6.22. The van der Waals surface area contributed by atoms with Crippen LogP contribution >= 0.6 is 24.8 Å². The molecular formula is C22H29Cl2N3O. The van der Waals surface area contributed by atoms with Gasteiger partial charge in [-0.2, -0.15) is 0 Å². The lowest BCUT2D eigenvalue weighted by molar-refractivity contribution is -0.128. The summed E-state index contributed by atoms with van der Waals surface area (Å²) < 4.78 is 0. The summed E-state index contributed by atoms with van der Waals surface area (Å²) in [6.07, 6.45) is 9.19. The van der Waals surface area contributed by atoms with Gasteiger partial charge >= 0.3 is 0 Å². The summed E-state index contributed by atoms with van der Waals surface area (Å²) >= 11 is 0. The summed E-state index contributed by atoms with van der Waals surface area (Å²) in [6, 6.07) is 12.7. The molecule has 1 aromatic carbocycles. The number of hydrogen-bond acceptors (Lipinski definition) is 3. The maximum atomic E-state index is 12.6. The van der Waals surface area contributed by atoms with Crippen molar-refractivity contribution in [1.82, 2.24) is 10.3 Å². The van der Waals surface area contributed by atoms with E-state index in [2.05, 4.69) is 34.6 Å². The molecule has 4 rings (SSSR count).